The van der Waals surface area contributed by atoms with Gasteiger partial charge in [-0.15, -0.1) is 11.3 Å². The van der Waals surface area contributed by atoms with Gasteiger partial charge in [0.05, 0.1) is 6.04 Å². The molecule has 1 unspecified atom stereocenters. The molecule has 2 aromatic rings. The van der Waals surface area contributed by atoms with E-state index in [0.29, 0.717) is 5.06 Å². The van der Waals surface area contributed by atoms with Crippen LogP contribution in [0.4, 0.5) is 4.79 Å². The molecule has 2 amide bonds. The summed E-state index contributed by atoms with van der Waals surface area (Å²) in [5, 5.41) is 11.1. The van der Waals surface area contributed by atoms with Crippen LogP contribution in [0, 0.1) is 0 Å². The van der Waals surface area contributed by atoms with Gasteiger partial charge in [0.2, 0.25) is 0 Å². The number of benzene rings is 1. The number of urea groups is 1. The van der Waals surface area contributed by atoms with Crippen LogP contribution in [-0.4, -0.2) is 45.9 Å². The van der Waals surface area contributed by atoms with Gasteiger partial charge in [-0.1, -0.05) is 18.2 Å². The van der Waals surface area contributed by atoms with Gasteiger partial charge in [0.25, 0.3) is 0 Å². The summed E-state index contributed by atoms with van der Waals surface area (Å²) in [6, 6.07) is 8.60. The number of carbonyl (C=O) groups excluding carboxylic acids is 1. The van der Waals surface area contributed by atoms with E-state index in [-0.39, 0.29) is 29.6 Å². The third-order valence-corrected chi connectivity index (χ3v) is 3.74. The molecule has 0 fully saturated rings. The third-order valence-electron chi connectivity index (χ3n) is 2.45. The number of hydrogen-bond donors (Lipinski definition) is 2. The van der Waals surface area contributed by atoms with E-state index in [1.807, 2.05) is 30.3 Å². The molecule has 1 aromatic heterocycles. The van der Waals surface area contributed by atoms with E-state index in [1.54, 1.807) is 18.3 Å². The number of nitrogens with zero attached hydrogens (tertiary/aromatic N) is 1. The van der Waals surface area contributed by atoms with Crippen LogP contribution < -0.4 is 5.73 Å². The Labute approximate surface area is 125 Å². The van der Waals surface area contributed by atoms with E-state index in [9.17, 15) is 10.0 Å². The number of amides is 2. The first-order valence-electron chi connectivity index (χ1n) is 4.85. The van der Waals surface area contributed by atoms with Crippen molar-refractivity contribution < 1.29 is 10.0 Å². The van der Waals surface area contributed by atoms with Crippen LogP contribution in [0.15, 0.2) is 30.3 Å². The molecule has 1 heterocycles. The molecule has 1 aromatic carbocycles. The second-order valence-corrected chi connectivity index (χ2v) is 4.66. The maximum atomic E-state index is 10.8. The average molecular weight is 259 g/mol. The maximum Gasteiger partial charge on any atom is 0.339 e. The topological polar surface area (TPSA) is 66.6 Å². The first-order chi connectivity index (χ1) is 7.59. The first kappa shape index (κ1) is 14.5. The molecule has 0 aliphatic rings. The van der Waals surface area contributed by atoms with Gasteiger partial charge in [0.1, 0.15) is 0 Å². The number of fused-ring (bicyclic) bond motifs is 1. The summed E-state index contributed by atoms with van der Waals surface area (Å²) in [7, 11) is 0. The van der Waals surface area contributed by atoms with Crippen molar-refractivity contribution in [2.24, 2.45) is 5.73 Å². The molecule has 0 saturated heterocycles. The van der Waals surface area contributed by atoms with Gasteiger partial charge in [0, 0.05) is 39.1 Å². The molecule has 0 aliphatic heterocycles. The minimum Gasteiger partial charge on any atom is -0.350 e. The fourth-order valence-corrected chi connectivity index (χ4v) is 2.62. The Kier molecular flexibility index (Phi) is 4.97. The van der Waals surface area contributed by atoms with Crippen molar-refractivity contribution in [2.45, 2.75) is 13.0 Å². The fraction of sp³-hybridized carbons (Fsp3) is 0.182. The van der Waals surface area contributed by atoms with Crippen molar-refractivity contribution in [1.82, 2.24) is 5.06 Å². The van der Waals surface area contributed by atoms with Crippen LogP contribution in [0.2, 0.25) is 0 Å². The van der Waals surface area contributed by atoms with Crippen molar-refractivity contribution >= 4 is 57.0 Å². The molecular weight excluding hydrogens is 247 g/mol. The van der Waals surface area contributed by atoms with Crippen LogP contribution in [0.3, 0.4) is 0 Å². The van der Waals surface area contributed by atoms with Crippen LogP contribution in [0.25, 0.3) is 10.1 Å². The summed E-state index contributed by atoms with van der Waals surface area (Å²) in [4.78, 5) is 11.7. The molecular formula is C11H12N2NaO2S. The number of hydrogen-bond acceptors (Lipinski definition) is 3. The standard InChI is InChI=1S/C11H12N2O2S.Na/c1-7(13(15)11(12)14)10-6-8-4-2-3-5-9(8)16-10;/h2-7,15H,1H3,(H2,12,14);. The summed E-state index contributed by atoms with van der Waals surface area (Å²) in [6.45, 7) is 1.73. The van der Waals surface area contributed by atoms with Gasteiger partial charge in [-0.3, -0.25) is 5.21 Å². The summed E-state index contributed by atoms with van der Waals surface area (Å²) in [5.74, 6) is 0. The van der Waals surface area contributed by atoms with E-state index in [0.717, 1.165) is 15.0 Å². The van der Waals surface area contributed by atoms with Crippen molar-refractivity contribution in [3.05, 3.63) is 35.2 Å². The number of primary amides is 1. The van der Waals surface area contributed by atoms with E-state index in [4.69, 9.17) is 5.73 Å². The molecule has 3 N–H and O–H groups in total. The summed E-state index contributed by atoms with van der Waals surface area (Å²) >= 11 is 1.54. The van der Waals surface area contributed by atoms with Gasteiger partial charge >= 0.3 is 6.03 Å². The fourth-order valence-electron chi connectivity index (χ4n) is 1.52. The molecule has 85 valence electrons. The van der Waals surface area contributed by atoms with E-state index in [1.165, 1.54) is 0 Å². The Bertz CT molecular complexity index is 496. The predicted molar refractivity (Wildman–Crippen MR) is 69.2 cm³/mol. The Morgan fingerprint density at radius 3 is 2.71 bits per heavy atom. The number of thiophene rings is 1. The quantitative estimate of drug-likeness (QED) is 0.494. The van der Waals surface area contributed by atoms with Crippen LogP contribution in [0.5, 0.6) is 0 Å². The van der Waals surface area contributed by atoms with Crippen molar-refractivity contribution in [3.8, 4) is 0 Å². The smallest absolute Gasteiger partial charge is 0.339 e. The Balaban J connectivity index is 0.00000144. The van der Waals surface area contributed by atoms with Gasteiger partial charge < -0.3 is 5.73 Å². The zero-order valence-electron chi connectivity index (χ0n) is 9.75. The molecule has 1 atom stereocenters. The molecule has 0 spiro atoms. The summed E-state index contributed by atoms with van der Waals surface area (Å²) in [6.07, 6.45) is 0. The Morgan fingerprint density at radius 1 is 1.47 bits per heavy atom. The van der Waals surface area contributed by atoms with Gasteiger partial charge in [-0.25, -0.2) is 4.79 Å². The molecule has 0 saturated carbocycles. The van der Waals surface area contributed by atoms with E-state index >= 15 is 0 Å². The second kappa shape index (κ2) is 5.84. The molecule has 4 nitrogen and oxygen atoms in total. The van der Waals surface area contributed by atoms with Crippen LogP contribution in [0.1, 0.15) is 17.8 Å². The number of rotatable bonds is 2. The van der Waals surface area contributed by atoms with Gasteiger partial charge in [-0.2, -0.15) is 5.06 Å². The van der Waals surface area contributed by atoms with Crippen molar-refractivity contribution in [1.29, 1.82) is 0 Å². The molecule has 6 heteroatoms. The predicted octanol–water partition coefficient (Wildman–Crippen LogP) is 2.35. The van der Waals surface area contributed by atoms with E-state index in [2.05, 4.69) is 0 Å². The number of nitrogens with two attached hydrogens (primary N) is 1. The van der Waals surface area contributed by atoms with Crippen LogP contribution in [-0.2, 0) is 0 Å². The zero-order valence-corrected chi connectivity index (χ0v) is 12.6. The molecule has 2 rings (SSSR count). The Hall–Kier alpha value is -0.590. The monoisotopic (exact) mass is 259 g/mol. The molecule has 1 radical (unpaired) electrons. The summed E-state index contributed by atoms with van der Waals surface area (Å²) in [5.41, 5.74) is 5.01. The number of hydroxylamine groups is 2. The van der Waals surface area contributed by atoms with Gasteiger partial charge in [0.15, 0.2) is 0 Å². The van der Waals surface area contributed by atoms with E-state index < -0.39 is 12.1 Å². The normalized spacial score (nSPS) is 11.9. The zero-order chi connectivity index (χ0) is 11.7. The maximum absolute atomic E-state index is 10.8. The van der Waals surface area contributed by atoms with Gasteiger partial charge in [-0.05, 0) is 24.4 Å². The minimum atomic E-state index is -0.843. The average Bonchev–Trinajstić information content (AvgIpc) is 2.70. The number of carbonyl (C=O) groups is 1. The molecule has 0 bridgehead atoms. The Morgan fingerprint density at radius 2 is 2.12 bits per heavy atom. The SMILES string of the molecule is CC(c1cc2ccccc2s1)N(O)C(N)=O.[Na]. The molecule has 17 heavy (non-hydrogen) atoms. The first-order valence-corrected chi connectivity index (χ1v) is 5.67. The van der Waals surface area contributed by atoms with Crippen molar-refractivity contribution in [2.75, 3.05) is 0 Å². The summed E-state index contributed by atoms with van der Waals surface area (Å²) < 4.78 is 1.13. The molecule has 0 aliphatic carbocycles. The largest absolute Gasteiger partial charge is 0.350 e. The van der Waals surface area contributed by atoms with Crippen LogP contribution >= 0.6 is 11.3 Å². The van der Waals surface area contributed by atoms with Crippen molar-refractivity contribution in [3.63, 3.8) is 0 Å². The third kappa shape index (κ3) is 3.00. The second-order valence-electron chi connectivity index (χ2n) is 3.55. The minimum absolute atomic E-state index is 0.